The van der Waals surface area contributed by atoms with Crippen molar-refractivity contribution < 1.29 is 9.84 Å². The van der Waals surface area contributed by atoms with Gasteiger partial charge in [-0.25, -0.2) is 0 Å². The number of aromatic nitrogens is 3. The van der Waals surface area contributed by atoms with E-state index in [-0.39, 0.29) is 17.4 Å². The van der Waals surface area contributed by atoms with Crippen molar-refractivity contribution in [3.8, 4) is 6.01 Å². The molecule has 1 rings (SSSR count). The summed E-state index contributed by atoms with van der Waals surface area (Å²) in [7, 11) is 0. The Balaban J connectivity index is 2.70. The van der Waals surface area contributed by atoms with Crippen LogP contribution in [0.25, 0.3) is 0 Å². The lowest BCUT2D eigenvalue weighted by atomic mass is 10.0. The number of rotatable bonds is 7. The lowest BCUT2D eigenvalue weighted by Crippen LogP contribution is -2.33. The van der Waals surface area contributed by atoms with Gasteiger partial charge in [-0.1, -0.05) is 13.3 Å². The molecular weight excluding hydrogens is 268 g/mol. The van der Waals surface area contributed by atoms with E-state index in [9.17, 15) is 5.11 Å². The third kappa shape index (κ3) is 6.02. The van der Waals surface area contributed by atoms with E-state index in [0.29, 0.717) is 18.9 Å². The highest BCUT2D eigenvalue weighted by Gasteiger charge is 2.19. The first-order valence-corrected chi connectivity index (χ1v) is 6.74. The molecule has 0 radical (unpaired) electrons. The van der Waals surface area contributed by atoms with Crippen molar-refractivity contribution in [3.05, 3.63) is 5.28 Å². The van der Waals surface area contributed by atoms with Crippen molar-refractivity contribution in [1.29, 1.82) is 0 Å². The minimum Gasteiger partial charge on any atom is -0.461 e. The standard InChI is InChI=1S/C12H21ClN4O2/c1-5-6-12(4,18)7-14-10-15-9(13)16-11(17-10)19-8(2)3/h8,18H,5-7H2,1-4H3,(H,14,15,16,17). The zero-order valence-corrected chi connectivity index (χ0v) is 12.5. The first-order chi connectivity index (χ1) is 8.82. The van der Waals surface area contributed by atoms with Crippen LogP contribution in [0.15, 0.2) is 0 Å². The summed E-state index contributed by atoms with van der Waals surface area (Å²) in [6.45, 7) is 7.86. The molecule has 2 N–H and O–H groups in total. The highest BCUT2D eigenvalue weighted by Crippen LogP contribution is 2.15. The van der Waals surface area contributed by atoms with Gasteiger partial charge in [0, 0.05) is 6.54 Å². The Labute approximate surface area is 118 Å². The number of nitrogens with zero attached hydrogens (tertiary/aromatic N) is 3. The number of aliphatic hydroxyl groups is 1. The predicted molar refractivity (Wildman–Crippen MR) is 74.6 cm³/mol. The highest BCUT2D eigenvalue weighted by atomic mass is 35.5. The molecule has 0 amide bonds. The fourth-order valence-electron chi connectivity index (χ4n) is 1.57. The summed E-state index contributed by atoms with van der Waals surface area (Å²) in [4.78, 5) is 11.9. The quantitative estimate of drug-likeness (QED) is 0.801. The molecule has 0 aliphatic heterocycles. The van der Waals surface area contributed by atoms with Gasteiger partial charge in [0.2, 0.25) is 11.2 Å². The van der Waals surface area contributed by atoms with Gasteiger partial charge in [-0.2, -0.15) is 15.0 Å². The van der Waals surface area contributed by atoms with Crippen molar-refractivity contribution in [1.82, 2.24) is 15.0 Å². The van der Waals surface area contributed by atoms with Crippen molar-refractivity contribution in [2.24, 2.45) is 0 Å². The Morgan fingerprint density at radius 3 is 2.63 bits per heavy atom. The van der Waals surface area contributed by atoms with E-state index in [2.05, 4.69) is 20.3 Å². The molecule has 19 heavy (non-hydrogen) atoms. The monoisotopic (exact) mass is 288 g/mol. The van der Waals surface area contributed by atoms with Crippen LogP contribution < -0.4 is 10.1 Å². The Hall–Kier alpha value is -1.14. The summed E-state index contributed by atoms with van der Waals surface area (Å²) in [6.07, 6.45) is 1.54. The molecule has 0 aromatic carbocycles. The molecule has 6 nitrogen and oxygen atoms in total. The average Bonchev–Trinajstić information content (AvgIpc) is 2.24. The van der Waals surface area contributed by atoms with Crippen molar-refractivity contribution in [2.45, 2.75) is 52.2 Å². The van der Waals surface area contributed by atoms with E-state index >= 15 is 0 Å². The first-order valence-electron chi connectivity index (χ1n) is 6.37. The van der Waals surface area contributed by atoms with Crippen molar-refractivity contribution >= 4 is 17.5 Å². The molecule has 1 unspecified atom stereocenters. The largest absolute Gasteiger partial charge is 0.461 e. The summed E-state index contributed by atoms with van der Waals surface area (Å²) >= 11 is 5.80. The second kappa shape index (κ2) is 6.86. The third-order valence-electron chi connectivity index (χ3n) is 2.34. The maximum Gasteiger partial charge on any atom is 0.322 e. The van der Waals surface area contributed by atoms with E-state index in [1.807, 2.05) is 20.8 Å². The number of nitrogens with one attached hydrogen (secondary N) is 1. The lowest BCUT2D eigenvalue weighted by Gasteiger charge is -2.22. The fraction of sp³-hybridized carbons (Fsp3) is 0.750. The molecule has 0 bridgehead atoms. The molecule has 1 aromatic heterocycles. The summed E-state index contributed by atoms with van der Waals surface area (Å²) in [6, 6.07) is 0.174. The maximum absolute atomic E-state index is 10.1. The van der Waals surface area contributed by atoms with Gasteiger partial charge < -0.3 is 15.2 Å². The number of anilines is 1. The zero-order chi connectivity index (χ0) is 14.5. The number of ether oxygens (including phenoxy) is 1. The molecular formula is C12H21ClN4O2. The van der Waals surface area contributed by atoms with E-state index in [4.69, 9.17) is 16.3 Å². The molecule has 1 atom stereocenters. The van der Waals surface area contributed by atoms with Crippen LogP contribution in [0.1, 0.15) is 40.5 Å². The molecule has 0 spiro atoms. The fourth-order valence-corrected chi connectivity index (χ4v) is 1.72. The number of hydrogen-bond donors (Lipinski definition) is 2. The first kappa shape index (κ1) is 15.9. The molecule has 108 valence electrons. The van der Waals surface area contributed by atoms with Crippen LogP contribution in [0.3, 0.4) is 0 Å². The normalized spacial score (nSPS) is 14.3. The van der Waals surface area contributed by atoms with Gasteiger partial charge in [0.1, 0.15) is 0 Å². The Bertz CT molecular complexity index is 413. The molecule has 0 saturated carbocycles. The topological polar surface area (TPSA) is 80.2 Å². The Kier molecular flexibility index (Phi) is 5.75. The maximum atomic E-state index is 10.1. The van der Waals surface area contributed by atoms with Gasteiger partial charge in [0.15, 0.2) is 0 Å². The minimum atomic E-state index is -0.813. The second-order valence-corrected chi connectivity index (χ2v) is 5.32. The molecule has 1 aromatic rings. The Morgan fingerprint density at radius 2 is 2.05 bits per heavy atom. The van der Waals surface area contributed by atoms with Crippen LogP contribution in [0.5, 0.6) is 6.01 Å². The smallest absolute Gasteiger partial charge is 0.322 e. The van der Waals surface area contributed by atoms with Crippen LogP contribution in [0.2, 0.25) is 5.28 Å². The predicted octanol–water partition coefficient (Wildman–Crippen LogP) is 2.28. The second-order valence-electron chi connectivity index (χ2n) is 4.98. The zero-order valence-electron chi connectivity index (χ0n) is 11.8. The average molecular weight is 289 g/mol. The van der Waals surface area contributed by atoms with Crippen LogP contribution in [0, 0.1) is 0 Å². The van der Waals surface area contributed by atoms with Gasteiger partial charge in [-0.05, 0) is 38.8 Å². The summed E-state index contributed by atoms with van der Waals surface area (Å²) in [5.41, 5.74) is -0.813. The molecule has 0 fully saturated rings. The van der Waals surface area contributed by atoms with Crippen LogP contribution >= 0.6 is 11.6 Å². The number of halogens is 1. The minimum absolute atomic E-state index is 0.0467. The van der Waals surface area contributed by atoms with Gasteiger partial charge in [-0.15, -0.1) is 0 Å². The van der Waals surface area contributed by atoms with Crippen molar-refractivity contribution in [2.75, 3.05) is 11.9 Å². The summed E-state index contributed by atoms with van der Waals surface area (Å²) in [5, 5.41) is 13.1. The SMILES string of the molecule is CCCC(C)(O)CNc1nc(Cl)nc(OC(C)C)n1. The van der Waals surface area contributed by atoms with E-state index in [1.54, 1.807) is 6.92 Å². The van der Waals surface area contributed by atoms with E-state index in [1.165, 1.54) is 0 Å². The molecule has 0 saturated heterocycles. The van der Waals surface area contributed by atoms with Crippen LogP contribution in [-0.2, 0) is 0 Å². The van der Waals surface area contributed by atoms with E-state index < -0.39 is 5.60 Å². The van der Waals surface area contributed by atoms with Crippen LogP contribution in [0.4, 0.5) is 5.95 Å². The number of hydrogen-bond acceptors (Lipinski definition) is 6. The van der Waals surface area contributed by atoms with Gasteiger partial charge in [0.05, 0.1) is 11.7 Å². The molecule has 0 aliphatic rings. The van der Waals surface area contributed by atoms with Gasteiger partial charge in [-0.3, -0.25) is 0 Å². The summed E-state index contributed by atoms with van der Waals surface area (Å²) < 4.78 is 5.37. The highest BCUT2D eigenvalue weighted by molar-refractivity contribution is 6.28. The molecule has 7 heteroatoms. The van der Waals surface area contributed by atoms with Gasteiger partial charge >= 0.3 is 6.01 Å². The Morgan fingerprint density at radius 1 is 1.37 bits per heavy atom. The molecule has 0 aliphatic carbocycles. The molecule has 1 heterocycles. The van der Waals surface area contributed by atoms with Crippen LogP contribution in [-0.4, -0.2) is 38.3 Å². The van der Waals surface area contributed by atoms with E-state index in [0.717, 1.165) is 6.42 Å². The van der Waals surface area contributed by atoms with Crippen molar-refractivity contribution in [3.63, 3.8) is 0 Å². The van der Waals surface area contributed by atoms with Gasteiger partial charge in [0.25, 0.3) is 0 Å². The third-order valence-corrected chi connectivity index (χ3v) is 2.51. The summed E-state index contributed by atoms with van der Waals surface area (Å²) in [5.74, 6) is 0.298. The lowest BCUT2D eigenvalue weighted by molar-refractivity contribution is 0.0634.